The van der Waals surface area contributed by atoms with Crippen LogP contribution in [0.1, 0.15) is 35.3 Å². The highest BCUT2D eigenvalue weighted by molar-refractivity contribution is 5.97. The van der Waals surface area contributed by atoms with Gasteiger partial charge in [-0.25, -0.2) is 14.5 Å². The molecule has 0 radical (unpaired) electrons. The molecular formula is C27H29F3N8O5. The number of nitrogens with zero attached hydrogens (tertiary/aromatic N) is 6. The Balaban J connectivity index is 0.000000646. The number of aliphatic carboxylic acids is 1. The molecule has 1 aromatic carbocycles. The predicted molar refractivity (Wildman–Crippen MR) is 149 cm³/mol. The molecule has 228 valence electrons. The SMILES string of the molecule is CC#CCn1c(N2CCNCC2)nc2cnn(Cc3cc(OCC)c(C(=O)NC)cc3C#N)c(=O)c21.O=C(O)C(F)(F)F. The molecule has 0 unspecified atom stereocenters. The average Bonchev–Trinajstić information content (AvgIpc) is 3.36. The Morgan fingerprint density at radius 2 is 1.93 bits per heavy atom. The average molecular weight is 603 g/mol. The lowest BCUT2D eigenvalue weighted by Crippen LogP contribution is -2.44. The molecule has 16 heteroatoms. The van der Waals surface area contributed by atoms with Gasteiger partial charge in [0.25, 0.3) is 11.5 Å². The van der Waals surface area contributed by atoms with E-state index in [0.29, 0.717) is 41.4 Å². The lowest BCUT2D eigenvalue weighted by atomic mass is 10.0. The number of aromatic nitrogens is 4. The maximum atomic E-state index is 13.6. The summed E-state index contributed by atoms with van der Waals surface area (Å²) in [5.74, 6) is 3.85. The van der Waals surface area contributed by atoms with Gasteiger partial charge in [0.2, 0.25) is 5.95 Å². The zero-order valence-corrected chi connectivity index (χ0v) is 23.6. The summed E-state index contributed by atoms with van der Waals surface area (Å²) in [5.41, 5.74) is 1.60. The molecule has 1 fully saturated rings. The van der Waals surface area contributed by atoms with E-state index in [1.807, 2.05) is 11.5 Å². The van der Waals surface area contributed by atoms with Crippen LogP contribution in [0.25, 0.3) is 11.0 Å². The Morgan fingerprint density at radius 3 is 2.49 bits per heavy atom. The van der Waals surface area contributed by atoms with Crippen LogP contribution in [0.2, 0.25) is 0 Å². The quantitative estimate of drug-likeness (QED) is 0.336. The van der Waals surface area contributed by atoms with E-state index < -0.39 is 12.1 Å². The second kappa shape index (κ2) is 14.2. The van der Waals surface area contributed by atoms with Gasteiger partial charge >= 0.3 is 12.1 Å². The highest BCUT2D eigenvalue weighted by Crippen LogP contribution is 2.25. The highest BCUT2D eigenvalue weighted by atomic mass is 19.4. The molecule has 4 rings (SSSR count). The number of anilines is 1. The molecule has 1 aliphatic rings. The fraction of sp³-hybridized carbons (Fsp3) is 0.407. The van der Waals surface area contributed by atoms with E-state index in [9.17, 15) is 28.0 Å². The van der Waals surface area contributed by atoms with E-state index >= 15 is 0 Å². The summed E-state index contributed by atoms with van der Waals surface area (Å²) in [4.78, 5) is 41.7. The number of amides is 1. The second-order valence-corrected chi connectivity index (χ2v) is 8.94. The Labute approximate surface area is 243 Å². The molecule has 1 saturated heterocycles. The number of alkyl halides is 3. The van der Waals surface area contributed by atoms with Crippen LogP contribution in [0.15, 0.2) is 23.1 Å². The number of carbonyl (C=O) groups excluding carboxylic acids is 1. The Kier molecular flexibility index (Phi) is 10.7. The number of fused-ring (bicyclic) bond motifs is 1. The number of carboxylic acids is 1. The molecular weight excluding hydrogens is 573 g/mol. The molecule has 1 aliphatic heterocycles. The molecule has 0 aliphatic carbocycles. The first kappa shape index (κ1) is 32.4. The number of rotatable bonds is 7. The van der Waals surface area contributed by atoms with Crippen molar-refractivity contribution in [1.29, 1.82) is 5.26 Å². The minimum absolute atomic E-state index is 0.0272. The van der Waals surface area contributed by atoms with Crippen molar-refractivity contribution in [2.24, 2.45) is 0 Å². The van der Waals surface area contributed by atoms with Gasteiger partial charge in [0.05, 0.1) is 43.1 Å². The van der Waals surface area contributed by atoms with Crippen LogP contribution < -0.4 is 25.8 Å². The van der Waals surface area contributed by atoms with Crippen molar-refractivity contribution in [2.45, 2.75) is 33.1 Å². The fourth-order valence-electron chi connectivity index (χ4n) is 4.21. The number of imidazole rings is 1. The van der Waals surface area contributed by atoms with E-state index in [1.165, 1.54) is 17.8 Å². The van der Waals surface area contributed by atoms with E-state index in [1.54, 1.807) is 19.2 Å². The molecule has 43 heavy (non-hydrogen) atoms. The summed E-state index contributed by atoms with van der Waals surface area (Å²) in [7, 11) is 1.51. The number of halogens is 3. The summed E-state index contributed by atoms with van der Waals surface area (Å²) in [5, 5.41) is 27.1. The number of nitrogens with one attached hydrogen (secondary N) is 2. The summed E-state index contributed by atoms with van der Waals surface area (Å²) in [6.07, 6.45) is -3.52. The standard InChI is InChI=1S/C25H28N8O3.C2HF3O2/c1-4-6-9-32-22-20(30-25(32)31-10-7-28-8-11-31)15-29-33(24(22)35)16-18-13-21(36-5-2)19(23(34)27-3)12-17(18)14-26;3-2(4,5)1(6)7/h12-13,15,28H,5,7-11,16H2,1-3H3,(H,27,34);(H,6,7). The third kappa shape index (κ3) is 7.60. The van der Waals surface area contributed by atoms with Crippen molar-refractivity contribution in [1.82, 2.24) is 30.0 Å². The second-order valence-electron chi connectivity index (χ2n) is 8.94. The molecule has 2 aromatic heterocycles. The van der Waals surface area contributed by atoms with Crippen LogP contribution in [0.4, 0.5) is 19.1 Å². The summed E-state index contributed by atoms with van der Waals surface area (Å²) in [6, 6.07) is 5.22. The van der Waals surface area contributed by atoms with Crippen molar-refractivity contribution in [3.8, 4) is 23.7 Å². The molecule has 3 heterocycles. The summed E-state index contributed by atoms with van der Waals surface area (Å²) < 4.78 is 40.5. The molecule has 0 spiro atoms. The minimum Gasteiger partial charge on any atom is -0.493 e. The highest BCUT2D eigenvalue weighted by Gasteiger charge is 2.38. The Hall–Kier alpha value is -5.09. The number of piperazine rings is 1. The smallest absolute Gasteiger partial charge is 0.490 e. The van der Waals surface area contributed by atoms with Crippen LogP contribution >= 0.6 is 0 Å². The maximum Gasteiger partial charge on any atom is 0.490 e. The first-order chi connectivity index (χ1) is 20.5. The van der Waals surface area contributed by atoms with Crippen molar-refractivity contribution in [3.05, 3.63) is 45.4 Å². The lowest BCUT2D eigenvalue weighted by molar-refractivity contribution is -0.192. The van der Waals surface area contributed by atoms with Gasteiger partial charge in [0.15, 0.2) is 0 Å². The number of nitriles is 1. The van der Waals surface area contributed by atoms with Crippen molar-refractivity contribution < 1.29 is 32.6 Å². The monoisotopic (exact) mass is 602 g/mol. The van der Waals surface area contributed by atoms with Crippen molar-refractivity contribution >= 4 is 28.9 Å². The van der Waals surface area contributed by atoms with Gasteiger partial charge in [-0.3, -0.25) is 14.2 Å². The number of hydrogen-bond donors (Lipinski definition) is 3. The third-order valence-corrected chi connectivity index (χ3v) is 6.20. The number of carbonyl (C=O) groups is 2. The maximum absolute atomic E-state index is 13.6. The van der Waals surface area contributed by atoms with Crippen LogP contribution in [-0.2, 0) is 17.9 Å². The molecule has 1 amide bonds. The molecule has 13 nitrogen and oxygen atoms in total. The first-order valence-electron chi connectivity index (χ1n) is 13.0. The number of hydrogen-bond acceptors (Lipinski definition) is 9. The van der Waals surface area contributed by atoms with E-state index in [4.69, 9.17) is 19.6 Å². The summed E-state index contributed by atoms with van der Waals surface area (Å²) in [6.45, 7) is 7.46. The molecule has 0 saturated carbocycles. The Morgan fingerprint density at radius 1 is 1.26 bits per heavy atom. The van der Waals surface area contributed by atoms with Gasteiger partial charge in [0, 0.05) is 33.2 Å². The normalized spacial score (nSPS) is 12.8. The van der Waals surface area contributed by atoms with Gasteiger partial charge in [-0.1, -0.05) is 5.92 Å². The first-order valence-corrected chi connectivity index (χ1v) is 13.0. The van der Waals surface area contributed by atoms with Gasteiger partial charge in [-0.2, -0.15) is 23.5 Å². The van der Waals surface area contributed by atoms with Crippen molar-refractivity contribution in [3.63, 3.8) is 0 Å². The lowest BCUT2D eigenvalue weighted by Gasteiger charge is -2.28. The number of carboxylic acid groups (broad SMARTS) is 1. The van der Waals surface area contributed by atoms with E-state index in [2.05, 4.69) is 38.5 Å². The minimum atomic E-state index is -5.08. The zero-order valence-electron chi connectivity index (χ0n) is 23.6. The third-order valence-electron chi connectivity index (χ3n) is 6.20. The molecule has 3 aromatic rings. The topological polar surface area (TPSA) is 167 Å². The fourth-order valence-corrected chi connectivity index (χ4v) is 4.21. The predicted octanol–water partition coefficient (Wildman–Crippen LogP) is 1.34. The van der Waals surface area contributed by atoms with Crippen LogP contribution in [-0.4, -0.2) is 82.3 Å². The van der Waals surface area contributed by atoms with E-state index in [-0.39, 0.29) is 29.1 Å². The van der Waals surface area contributed by atoms with Gasteiger partial charge in [-0.05, 0) is 31.5 Å². The summed E-state index contributed by atoms with van der Waals surface area (Å²) >= 11 is 0. The van der Waals surface area contributed by atoms with Gasteiger partial charge in [0.1, 0.15) is 16.8 Å². The number of ether oxygens (including phenoxy) is 1. The van der Waals surface area contributed by atoms with Crippen LogP contribution in [0, 0.1) is 23.2 Å². The van der Waals surface area contributed by atoms with Crippen molar-refractivity contribution in [2.75, 3.05) is 44.7 Å². The zero-order chi connectivity index (χ0) is 31.7. The van der Waals surface area contributed by atoms with Crippen LogP contribution in [0.3, 0.4) is 0 Å². The largest absolute Gasteiger partial charge is 0.493 e. The number of benzene rings is 1. The Bertz CT molecular complexity index is 1660. The molecule has 3 N–H and O–H groups in total. The van der Waals surface area contributed by atoms with Gasteiger partial charge in [-0.15, -0.1) is 5.92 Å². The van der Waals surface area contributed by atoms with Gasteiger partial charge < -0.3 is 25.4 Å². The van der Waals surface area contributed by atoms with Crippen LogP contribution in [0.5, 0.6) is 5.75 Å². The molecule has 0 bridgehead atoms. The molecule has 0 atom stereocenters. The van der Waals surface area contributed by atoms with E-state index in [0.717, 1.165) is 26.2 Å².